The number of carbonyl (C=O) groups excluding carboxylic acids is 1. The van der Waals surface area contributed by atoms with Crippen LogP contribution in [0.3, 0.4) is 0 Å². The topological polar surface area (TPSA) is 52.1 Å². The van der Waals surface area contributed by atoms with E-state index in [2.05, 4.69) is 9.97 Å². The summed E-state index contributed by atoms with van der Waals surface area (Å²) in [4.78, 5) is 22.2. The monoisotopic (exact) mass is 416 g/mol. The molecule has 4 rings (SSSR count). The van der Waals surface area contributed by atoms with Crippen LogP contribution in [0.1, 0.15) is 39.0 Å². The number of hydrogen-bond donors (Lipinski definition) is 0. The van der Waals surface area contributed by atoms with E-state index >= 15 is 0 Å². The quantitative estimate of drug-likeness (QED) is 0.296. The van der Waals surface area contributed by atoms with Gasteiger partial charge in [0.25, 0.3) is 0 Å². The minimum Gasteiger partial charge on any atom is -0.462 e. The van der Waals surface area contributed by atoms with Crippen molar-refractivity contribution in [2.75, 3.05) is 0 Å². The first-order valence-corrected chi connectivity index (χ1v) is 11.2. The second-order valence-corrected chi connectivity index (χ2v) is 9.16. The summed E-state index contributed by atoms with van der Waals surface area (Å²) in [6.45, 7) is 1.85. The predicted octanol–water partition coefficient (Wildman–Crippen LogP) is 5.85. The van der Waals surface area contributed by atoms with Gasteiger partial charge in [-0.25, -0.2) is 14.4 Å². The Morgan fingerprint density at radius 3 is 2.71 bits per heavy atom. The van der Waals surface area contributed by atoms with Crippen molar-refractivity contribution >= 4 is 39.3 Å². The van der Waals surface area contributed by atoms with Crippen LogP contribution in [0.15, 0.2) is 41.0 Å². The standard InChI is InChI=1S/C21H21FN2O2S2/c1-13(21(25)26-16-5-3-2-4-6-16)28-20-18-17(11-27-19(18)23-12-24-20)14-7-9-15(22)10-8-14/h7-13,16H,2-6H2,1H3/t13-/m0/s1. The van der Waals surface area contributed by atoms with Crippen LogP contribution in [0.2, 0.25) is 0 Å². The lowest BCUT2D eigenvalue weighted by Crippen LogP contribution is -2.26. The number of thioether (sulfide) groups is 1. The third-order valence-electron chi connectivity index (χ3n) is 4.95. The lowest BCUT2D eigenvalue weighted by molar-refractivity contribution is -0.149. The van der Waals surface area contributed by atoms with Crippen molar-refractivity contribution in [1.29, 1.82) is 0 Å². The second-order valence-electron chi connectivity index (χ2n) is 6.97. The first-order valence-electron chi connectivity index (χ1n) is 9.47. The molecule has 28 heavy (non-hydrogen) atoms. The maximum atomic E-state index is 13.3. The van der Waals surface area contributed by atoms with Gasteiger partial charge in [-0.2, -0.15) is 0 Å². The molecule has 146 valence electrons. The third kappa shape index (κ3) is 4.20. The maximum Gasteiger partial charge on any atom is 0.319 e. The molecule has 1 saturated carbocycles. The molecule has 4 nitrogen and oxygen atoms in total. The molecule has 1 aromatic carbocycles. The van der Waals surface area contributed by atoms with E-state index in [0.717, 1.165) is 52.1 Å². The highest BCUT2D eigenvalue weighted by Crippen LogP contribution is 2.39. The van der Waals surface area contributed by atoms with Crippen molar-refractivity contribution in [2.24, 2.45) is 0 Å². The summed E-state index contributed by atoms with van der Waals surface area (Å²) in [6.07, 6.45) is 6.96. The lowest BCUT2D eigenvalue weighted by Gasteiger charge is -2.23. The number of benzene rings is 1. The van der Waals surface area contributed by atoms with Crippen molar-refractivity contribution < 1.29 is 13.9 Å². The zero-order chi connectivity index (χ0) is 19.5. The zero-order valence-corrected chi connectivity index (χ0v) is 17.2. The van der Waals surface area contributed by atoms with Crippen LogP contribution in [0.25, 0.3) is 21.3 Å². The summed E-state index contributed by atoms with van der Waals surface area (Å²) in [7, 11) is 0. The van der Waals surface area contributed by atoms with Gasteiger partial charge in [-0.3, -0.25) is 4.79 Å². The number of aromatic nitrogens is 2. The van der Waals surface area contributed by atoms with E-state index in [1.807, 2.05) is 12.3 Å². The molecule has 0 saturated heterocycles. The Labute approximate surface area is 171 Å². The molecule has 2 aromatic heterocycles. The summed E-state index contributed by atoms with van der Waals surface area (Å²) < 4.78 is 19.0. The average molecular weight is 417 g/mol. The molecule has 1 atom stereocenters. The van der Waals surface area contributed by atoms with E-state index in [1.165, 1.54) is 48.0 Å². The van der Waals surface area contributed by atoms with Gasteiger partial charge < -0.3 is 4.74 Å². The molecule has 2 heterocycles. The zero-order valence-electron chi connectivity index (χ0n) is 15.6. The smallest absolute Gasteiger partial charge is 0.319 e. The fourth-order valence-corrected chi connectivity index (χ4v) is 5.34. The minimum absolute atomic E-state index is 0.0469. The van der Waals surface area contributed by atoms with E-state index in [0.29, 0.717) is 0 Å². The van der Waals surface area contributed by atoms with Gasteiger partial charge in [0.2, 0.25) is 0 Å². The Balaban J connectivity index is 1.57. The van der Waals surface area contributed by atoms with Crippen molar-refractivity contribution in [2.45, 2.75) is 55.4 Å². The fraction of sp³-hybridized carbons (Fsp3) is 0.381. The average Bonchev–Trinajstić information content (AvgIpc) is 3.14. The molecule has 0 bridgehead atoms. The summed E-state index contributed by atoms with van der Waals surface area (Å²) >= 11 is 2.91. The van der Waals surface area contributed by atoms with E-state index in [1.54, 1.807) is 12.1 Å². The normalized spacial score (nSPS) is 16.2. The molecule has 3 aromatic rings. The fourth-order valence-electron chi connectivity index (χ4n) is 3.44. The van der Waals surface area contributed by atoms with Gasteiger partial charge in [0, 0.05) is 10.9 Å². The molecule has 0 radical (unpaired) electrons. The van der Waals surface area contributed by atoms with E-state index in [-0.39, 0.29) is 23.1 Å². The van der Waals surface area contributed by atoms with Crippen LogP contribution in [0.4, 0.5) is 4.39 Å². The summed E-state index contributed by atoms with van der Waals surface area (Å²) in [5, 5.41) is 3.29. The van der Waals surface area contributed by atoms with Crippen LogP contribution >= 0.6 is 23.1 Å². The predicted molar refractivity (Wildman–Crippen MR) is 111 cm³/mol. The number of esters is 1. The number of hydrogen-bond acceptors (Lipinski definition) is 6. The van der Waals surface area contributed by atoms with Crippen molar-refractivity contribution in [3.05, 3.63) is 41.8 Å². The van der Waals surface area contributed by atoms with Gasteiger partial charge in [0.1, 0.15) is 33.4 Å². The summed E-state index contributed by atoms with van der Waals surface area (Å²) in [5.74, 6) is -0.463. The summed E-state index contributed by atoms with van der Waals surface area (Å²) in [5.41, 5.74) is 1.86. The van der Waals surface area contributed by atoms with Gasteiger partial charge in [0.05, 0.1) is 5.39 Å². The molecule has 0 aliphatic heterocycles. The van der Waals surface area contributed by atoms with Gasteiger partial charge >= 0.3 is 5.97 Å². The molecule has 0 unspecified atom stereocenters. The Morgan fingerprint density at radius 2 is 1.96 bits per heavy atom. The number of ether oxygens (including phenoxy) is 1. The van der Waals surface area contributed by atoms with Crippen molar-refractivity contribution in [1.82, 2.24) is 9.97 Å². The van der Waals surface area contributed by atoms with Crippen molar-refractivity contribution in [3.8, 4) is 11.1 Å². The molecule has 0 spiro atoms. The van der Waals surface area contributed by atoms with E-state index in [9.17, 15) is 9.18 Å². The molecular weight excluding hydrogens is 395 g/mol. The van der Waals surface area contributed by atoms with Crippen LogP contribution in [-0.2, 0) is 9.53 Å². The molecular formula is C21H21FN2O2S2. The Bertz CT molecular complexity index is 968. The number of thiophene rings is 1. The molecule has 1 fully saturated rings. The number of nitrogens with zero attached hydrogens (tertiary/aromatic N) is 2. The molecule has 7 heteroatoms. The minimum atomic E-state index is -0.360. The van der Waals surface area contributed by atoms with Gasteiger partial charge in [0.15, 0.2) is 0 Å². The first-order chi connectivity index (χ1) is 13.6. The molecule has 0 amide bonds. The van der Waals surface area contributed by atoms with Crippen LogP contribution in [0, 0.1) is 5.82 Å². The van der Waals surface area contributed by atoms with Crippen LogP contribution < -0.4 is 0 Å². The number of carbonyl (C=O) groups is 1. The van der Waals surface area contributed by atoms with E-state index < -0.39 is 0 Å². The highest BCUT2D eigenvalue weighted by atomic mass is 32.2. The Morgan fingerprint density at radius 1 is 1.21 bits per heavy atom. The third-order valence-corrected chi connectivity index (χ3v) is 6.91. The maximum absolute atomic E-state index is 13.3. The van der Waals surface area contributed by atoms with Gasteiger partial charge in [-0.15, -0.1) is 11.3 Å². The van der Waals surface area contributed by atoms with Gasteiger partial charge in [-0.1, -0.05) is 30.3 Å². The molecule has 1 aliphatic carbocycles. The lowest BCUT2D eigenvalue weighted by atomic mass is 9.98. The Kier molecular flexibility index (Phi) is 5.92. The summed E-state index contributed by atoms with van der Waals surface area (Å²) in [6, 6.07) is 6.39. The Hall–Kier alpha value is -1.99. The van der Waals surface area contributed by atoms with Crippen LogP contribution in [-0.4, -0.2) is 27.3 Å². The number of halogens is 1. The molecule has 0 N–H and O–H groups in total. The van der Waals surface area contributed by atoms with E-state index in [4.69, 9.17) is 4.74 Å². The molecule has 1 aliphatic rings. The number of rotatable bonds is 5. The largest absolute Gasteiger partial charge is 0.462 e. The number of fused-ring (bicyclic) bond motifs is 1. The second kappa shape index (κ2) is 8.57. The SMILES string of the molecule is C[C@H](Sc1ncnc2scc(-c3ccc(F)cc3)c12)C(=O)OC1CCCCC1. The highest BCUT2D eigenvalue weighted by molar-refractivity contribution is 8.00. The first kappa shape index (κ1) is 19.3. The van der Waals surface area contributed by atoms with Crippen LogP contribution in [0.5, 0.6) is 0 Å². The highest BCUT2D eigenvalue weighted by Gasteiger charge is 2.24. The van der Waals surface area contributed by atoms with Gasteiger partial charge in [-0.05, 0) is 50.3 Å². The van der Waals surface area contributed by atoms with Crippen molar-refractivity contribution in [3.63, 3.8) is 0 Å².